The number of nitrogens with zero attached hydrogens (tertiary/aromatic N) is 9. The number of carbonyl (C=O) groups is 1. The van der Waals surface area contributed by atoms with Crippen LogP contribution in [-0.2, 0) is 20.6 Å². The molecule has 1 aromatic carbocycles. The molecule has 0 radical (unpaired) electrons. The summed E-state index contributed by atoms with van der Waals surface area (Å²) in [5.74, 6) is 1.08. The van der Waals surface area contributed by atoms with Gasteiger partial charge in [-0.25, -0.2) is 19.7 Å². The first-order chi connectivity index (χ1) is 21.9. The summed E-state index contributed by atoms with van der Waals surface area (Å²) in [4.78, 5) is 29.4. The average Bonchev–Trinajstić information content (AvgIpc) is 3.66. The van der Waals surface area contributed by atoms with Gasteiger partial charge in [0.2, 0.25) is 5.95 Å². The molecule has 2 N–H and O–H groups in total. The predicted octanol–water partition coefficient (Wildman–Crippen LogP) is 4.99. The lowest BCUT2D eigenvalue weighted by atomic mass is 9.90. The molecule has 6 rings (SSSR count). The largest absolute Gasteiger partial charge is 0.351 e. The molecule has 12 heteroatoms. The lowest BCUT2D eigenvalue weighted by Crippen LogP contribution is -2.49. The topological polar surface area (TPSA) is 142 Å². The molecule has 1 aliphatic rings. The first-order valence-corrected chi connectivity index (χ1v) is 15.0. The Morgan fingerprint density at radius 1 is 0.978 bits per heavy atom. The lowest BCUT2D eigenvalue weighted by molar-refractivity contribution is 0.240. The van der Waals surface area contributed by atoms with Gasteiger partial charge in [-0.1, -0.05) is 30.3 Å². The molecule has 5 aromatic rings. The summed E-state index contributed by atoms with van der Waals surface area (Å²) >= 11 is 0. The van der Waals surface area contributed by atoms with E-state index in [0.717, 1.165) is 53.6 Å². The number of urea groups is 1. The Morgan fingerprint density at radius 2 is 1.78 bits per heavy atom. The third-order valence-electron chi connectivity index (χ3n) is 8.33. The number of nitriles is 1. The van der Waals surface area contributed by atoms with E-state index in [9.17, 15) is 10.1 Å². The van der Waals surface area contributed by atoms with Gasteiger partial charge in [-0.15, -0.1) is 0 Å². The molecule has 0 aliphatic heterocycles. The number of carbonyl (C=O) groups excluding carboxylic acids is 1. The van der Waals surface area contributed by atoms with Crippen LogP contribution in [0, 0.1) is 18.3 Å². The molecule has 228 valence electrons. The Kier molecular flexibility index (Phi) is 8.50. The van der Waals surface area contributed by atoms with Crippen molar-refractivity contribution < 1.29 is 4.79 Å². The van der Waals surface area contributed by atoms with Crippen LogP contribution in [0.25, 0.3) is 22.4 Å². The molecular weight excluding hydrogens is 566 g/mol. The van der Waals surface area contributed by atoms with Crippen LogP contribution in [0.5, 0.6) is 0 Å². The molecular formula is C33H35N11O. The van der Waals surface area contributed by atoms with Crippen molar-refractivity contribution in [1.82, 2.24) is 39.8 Å². The van der Waals surface area contributed by atoms with Gasteiger partial charge in [-0.2, -0.15) is 15.5 Å². The average molecular weight is 602 g/mol. The molecule has 45 heavy (non-hydrogen) atoms. The maximum absolute atomic E-state index is 13.7. The summed E-state index contributed by atoms with van der Waals surface area (Å²) in [6.45, 7) is 2.37. The standard InChI is InChI=1S/C33H35N11O/c1-22-29(20-39-43(22)3)31-25(15-34)18-36-32(41-31)40-27-10-12-28(13-11-27)44(33(45)37-16-23-7-5-4-6-8-23)30-14-9-24(17-35-30)26-19-38-42(2)21-26/h4-9,14,17-21,27-28H,10-13,16H2,1-3H3,(H,37,45)(H,36,40,41)/t27-,28-. The molecule has 0 atom stereocenters. The van der Waals surface area contributed by atoms with Crippen LogP contribution in [0.3, 0.4) is 0 Å². The van der Waals surface area contributed by atoms with Crippen LogP contribution >= 0.6 is 0 Å². The molecule has 0 spiro atoms. The van der Waals surface area contributed by atoms with Gasteiger partial charge in [-0.05, 0) is 50.3 Å². The second-order valence-corrected chi connectivity index (χ2v) is 11.3. The maximum atomic E-state index is 13.7. The van der Waals surface area contributed by atoms with Crippen molar-refractivity contribution >= 4 is 17.8 Å². The van der Waals surface area contributed by atoms with Gasteiger partial charge in [0.25, 0.3) is 0 Å². The van der Waals surface area contributed by atoms with E-state index in [2.05, 4.69) is 31.9 Å². The monoisotopic (exact) mass is 601 g/mol. The van der Waals surface area contributed by atoms with E-state index in [1.54, 1.807) is 39.1 Å². The van der Waals surface area contributed by atoms with Gasteiger partial charge >= 0.3 is 6.03 Å². The molecule has 1 saturated carbocycles. The molecule has 12 nitrogen and oxygen atoms in total. The summed E-state index contributed by atoms with van der Waals surface area (Å²) in [6, 6.07) is 15.9. The third kappa shape index (κ3) is 6.52. The van der Waals surface area contributed by atoms with Crippen LogP contribution in [0.2, 0.25) is 0 Å². The second-order valence-electron chi connectivity index (χ2n) is 11.3. The summed E-state index contributed by atoms with van der Waals surface area (Å²) in [5, 5.41) is 24.8. The van der Waals surface area contributed by atoms with Crippen LogP contribution in [-0.4, -0.2) is 52.6 Å². The smallest absolute Gasteiger partial charge is 0.323 e. The molecule has 4 heterocycles. The normalized spacial score (nSPS) is 16.1. The zero-order valence-electron chi connectivity index (χ0n) is 25.6. The van der Waals surface area contributed by atoms with Crippen molar-refractivity contribution in [1.29, 1.82) is 5.26 Å². The van der Waals surface area contributed by atoms with Gasteiger partial charge in [0.15, 0.2) is 0 Å². The number of amides is 2. The molecule has 0 unspecified atom stereocenters. The van der Waals surface area contributed by atoms with Crippen molar-refractivity contribution in [2.45, 2.75) is 51.2 Å². The highest BCUT2D eigenvalue weighted by Gasteiger charge is 2.31. The zero-order valence-corrected chi connectivity index (χ0v) is 25.6. The SMILES string of the molecule is Cc1c(-c2nc(N[C@H]3CC[C@H](N(C(=O)NCc4ccccc4)c4ccc(-c5cnn(C)c5)cn4)CC3)ncc2C#N)cnn1C. The number of rotatable bonds is 8. The highest BCUT2D eigenvalue weighted by molar-refractivity contribution is 5.91. The summed E-state index contributed by atoms with van der Waals surface area (Å²) in [5.41, 5.74) is 5.63. The van der Waals surface area contributed by atoms with Gasteiger partial charge in [0.05, 0.1) is 29.8 Å². The molecule has 4 aromatic heterocycles. The fourth-order valence-corrected chi connectivity index (χ4v) is 5.72. The highest BCUT2D eigenvalue weighted by atomic mass is 16.2. The number of nitrogens with one attached hydrogen (secondary N) is 2. The fourth-order valence-electron chi connectivity index (χ4n) is 5.72. The number of aryl methyl sites for hydroxylation is 2. The third-order valence-corrected chi connectivity index (χ3v) is 8.33. The van der Waals surface area contributed by atoms with E-state index in [-0.39, 0.29) is 18.1 Å². The van der Waals surface area contributed by atoms with Crippen LogP contribution in [0.4, 0.5) is 16.6 Å². The molecule has 0 bridgehead atoms. The van der Waals surface area contributed by atoms with Crippen LogP contribution in [0.15, 0.2) is 73.4 Å². The summed E-state index contributed by atoms with van der Waals surface area (Å²) < 4.78 is 3.51. The van der Waals surface area contributed by atoms with Crippen molar-refractivity contribution in [3.05, 3.63) is 90.3 Å². The second kappa shape index (κ2) is 13.0. The summed E-state index contributed by atoms with van der Waals surface area (Å²) in [7, 11) is 3.74. The number of benzene rings is 1. The quantitative estimate of drug-likeness (QED) is 0.253. The first-order valence-electron chi connectivity index (χ1n) is 15.0. The van der Waals surface area contributed by atoms with Gasteiger partial charge in [0.1, 0.15) is 11.9 Å². The minimum atomic E-state index is -0.177. The van der Waals surface area contributed by atoms with E-state index in [1.165, 1.54) is 0 Å². The number of pyridine rings is 1. The minimum Gasteiger partial charge on any atom is -0.351 e. The van der Waals surface area contributed by atoms with Crippen LogP contribution < -0.4 is 15.5 Å². The van der Waals surface area contributed by atoms with Gasteiger partial charge < -0.3 is 10.6 Å². The van der Waals surface area contributed by atoms with E-state index >= 15 is 0 Å². The summed E-state index contributed by atoms with van der Waals surface area (Å²) in [6.07, 6.45) is 12.0. The highest BCUT2D eigenvalue weighted by Crippen LogP contribution is 2.30. The first kappa shape index (κ1) is 29.5. The zero-order chi connectivity index (χ0) is 31.3. The molecule has 1 fully saturated rings. The lowest BCUT2D eigenvalue weighted by Gasteiger charge is -2.36. The number of hydrogen-bond donors (Lipinski definition) is 2. The van der Waals surface area contributed by atoms with Gasteiger partial charge in [0, 0.05) is 67.5 Å². The maximum Gasteiger partial charge on any atom is 0.323 e. The van der Waals surface area contributed by atoms with Crippen molar-refractivity contribution in [2.75, 3.05) is 10.2 Å². The predicted molar refractivity (Wildman–Crippen MR) is 171 cm³/mol. The Balaban J connectivity index is 1.17. The van der Waals surface area contributed by atoms with Crippen LogP contribution in [0.1, 0.15) is 42.5 Å². The fraction of sp³-hybridized carbons (Fsp3) is 0.303. The number of aromatic nitrogens is 7. The molecule has 1 aliphatic carbocycles. The van der Waals surface area contributed by atoms with E-state index < -0.39 is 0 Å². The number of hydrogen-bond acceptors (Lipinski definition) is 8. The number of anilines is 2. The molecule has 2 amide bonds. The van der Waals surface area contributed by atoms with Crippen molar-refractivity contribution in [2.24, 2.45) is 14.1 Å². The Labute approximate surface area is 261 Å². The molecule has 0 saturated heterocycles. The Bertz CT molecular complexity index is 1810. The van der Waals surface area contributed by atoms with E-state index in [0.29, 0.717) is 29.6 Å². The van der Waals surface area contributed by atoms with E-state index in [1.807, 2.05) is 69.7 Å². The van der Waals surface area contributed by atoms with Crippen molar-refractivity contribution in [3.63, 3.8) is 0 Å². The van der Waals surface area contributed by atoms with E-state index in [4.69, 9.17) is 9.97 Å². The Hall–Kier alpha value is -5.57. The minimum absolute atomic E-state index is 0.0361. The van der Waals surface area contributed by atoms with Gasteiger partial charge in [-0.3, -0.25) is 14.3 Å². The van der Waals surface area contributed by atoms with Crippen molar-refractivity contribution in [3.8, 4) is 28.5 Å². The Morgan fingerprint density at radius 3 is 2.42 bits per heavy atom.